The summed E-state index contributed by atoms with van der Waals surface area (Å²) in [5, 5.41) is 5.29. The molecule has 0 bridgehead atoms. The van der Waals surface area contributed by atoms with E-state index in [9.17, 15) is 4.79 Å². The number of nitrogens with zero attached hydrogens (tertiary/aromatic N) is 2. The van der Waals surface area contributed by atoms with Gasteiger partial charge in [0.2, 0.25) is 0 Å². The van der Waals surface area contributed by atoms with Crippen molar-refractivity contribution >= 4 is 22.4 Å². The average molecular weight is 305 g/mol. The number of aromatic nitrogens is 1. The Morgan fingerprint density at radius 3 is 2.95 bits per heavy atom. The second-order valence-corrected chi connectivity index (χ2v) is 5.89. The lowest BCUT2D eigenvalue weighted by atomic mass is 10.2. The maximum absolute atomic E-state index is 11.8. The highest BCUT2D eigenvalue weighted by Crippen LogP contribution is 2.16. The Labute approximate surface area is 128 Å². The van der Waals surface area contributed by atoms with Crippen molar-refractivity contribution in [2.24, 2.45) is 0 Å². The fourth-order valence-corrected chi connectivity index (χ4v) is 2.49. The lowest BCUT2D eigenvalue weighted by Gasteiger charge is -2.07. The van der Waals surface area contributed by atoms with Gasteiger partial charge in [0.25, 0.3) is 5.91 Å². The first-order valence-corrected chi connectivity index (χ1v) is 7.49. The number of carbonyl (C=O) groups excluding carboxylic acids is 1. The molecule has 1 heterocycles. The molecular weight excluding hydrogens is 286 g/mol. The Balaban J connectivity index is 1.83. The molecule has 1 aromatic heterocycles. The van der Waals surface area contributed by atoms with E-state index < -0.39 is 0 Å². The minimum Gasteiger partial charge on any atom is -0.484 e. The summed E-state index contributed by atoms with van der Waals surface area (Å²) in [4.78, 5) is 18.2. The van der Waals surface area contributed by atoms with Crippen LogP contribution in [0, 0.1) is 6.92 Å². The molecule has 1 N–H and O–H groups in total. The Bertz CT molecular complexity index is 610. The first-order valence-electron chi connectivity index (χ1n) is 6.61. The van der Waals surface area contributed by atoms with Crippen molar-refractivity contribution in [3.8, 4) is 5.75 Å². The second kappa shape index (κ2) is 7.19. The van der Waals surface area contributed by atoms with E-state index >= 15 is 0 Å². The fourth-order valence-electron chi connectivity index (χ4n) is 1.77. The van der Waals surface area contributed by atoms with Crippen molar-refractivity contribution in [1.29, 1.82) is 0 Å². The molecule has 0 saturated carbocycles. The maximum atomic E-state index is 11.8. The topological polar surface area (TPSA) is 54.5 Å². The summed E-state index contributed by atoms with van der Waals surface area (Å²) >= 11 is 1.42. The van der Waals surface area contributed by atoms with Crippen LogP contribution in [0.2, 0.25) is 0 Å². The van der Waals surface area contributed by atoms with Crippen molar-refractivity contribution in [2.75, 3.05) is 26.0 Å². The fraction of sp³-hybridized carbons (Fsp3) is 0.333. The van der Waals surface area contributed by atoms with Crippen molar-refractivity contribution < 1.29 is 9.53 Å². The number of carbonyl (C=O) groups is 1. The third-order valence-corrected chi connectivity index (χ3v) is 3.44. The Hall–Kier alpha value is -1.92. The molecule has 0 atom stereocenters. The van der Waals surface area contributed by atoms with E-state index in [1.165, 1.54) is 11.3 Å². The van der Waals surface area contributed by atoms with Gasteiger partial charge in [-0.3, -0.25) is 10.1 Å². The van der Waals surface area contributed by atoms with E-state index in [4.69, 9.17) is 4.74 Å². The number of nitrogens with one attached hydrogen (secondary N) is 1. The van der Waals surface area contributed by atoms with Gasteiger partial charge in [-0.05, 0) is 38.7 Å². The molecule has 1 amide bonds. The molecule has 6 heteroatoms. The van der Waals surface area contributed by atoms with Gasteiger partial charge in [-0.15, -0.1) is 11.3 Å². The van der Waals surface area contributed by atoms with Crippen LogP contribution < -0.4 is 10.1 Å². The van der Waals surface area contributed by atoms with Crippen molar-refractivity contribution in [2.45, 2.75) is 13.5 Å². The summed E-state index contributed by atoms with van der Waals surface area (Å²) in [6, 6.07) is 7.61. The van der Waals surface area contributed by atoms with Crippen LogP contribution in [0.25, 0.3) is 0 Å². The van der Waals surface area contributed by atoms with Crippen molar-refractivity contribution in [3.63, 3.8) is 0 Å². The van der Waals surface area contributed by atoms with Crippen LogP contribution >= 0.6 is 11.3 Å². The average Bonchev–Trinajstić information content (AvgIpc) is 2.83. The van der Waals surface area contributed by atoms with Gasteiger partial charge in [-0.1, -0.05) is 12.1 Å². The van der Waals surface area contributed by atoms with Gasteiger partial charge >= 0.3 is 0 Å². The molecule has 0 aliphatic carbocycles. The molecule has 0 aliphatic rings. The van der Waals surface area contributed by atoms with Crippen LogP contribution in [0.1, 0.15) is 11.3 Å². The number of ether oxygens (including phenoxy) is 1. The predicted octanol–water partition coefficient (Wildman–Crippen LogP) is 2.53. The van der Waals surface area contributed by atoms with E-state index in [1.54, 1.807) is 0 Å². The molecule has 0 aliphatic heterocycles. The first kappa shape index (κ1) is 15.5. The molecule has 0 saturated heterocycles. The highest BCUT2D eigenvalue weighted by Gasteiger charge is 2.08. The zero-order chi connectivity index (χ0) is 15.2. The molecule has 0 radical (unpaired) electrons. The number of amides is 1. The summed E-state index contributed by atoms with van der Waals surface area (Å²) < 4.78 is 5.45. The summed E-state index contributed by atoms with van der Waals surface area (Å²) in [6.45, 7) is 2.72. The lowest BCUT2D eigenvalue weighted by molar-refractivity contribution is -0.118. The monoisotopic (exact) mass is 305 g/mol. The molecule has 1 aromatic carbocycles. The van der Waals surface area contributed by atoms with Crippen molar-refractivity contribution in [3.05, 3.63) is 40.9 Å². The number of thiazole rings is 1. The summed E-state index contributed by atoms with van der Waals surface area (Å²) in [6.07, 6.45) is 0. The highest BCUT2D eigenvalue weighted by atomic mass is 32.1. The van der Waals surface area contributed by atoms with Crippen LogP contribution in [-0.4, -0.2) is 36.5 Å². The second-order valence-electron chi connectivity index (χ2n) is 5.04. The molecular formula is C15H19N3O2S. The van der Waals surface area contributed by atoms with Crippen LogP contribution in [0.15, 0.2) is 29.6 Å². The molecule has 5 nitrogen and oxygen atoms in total. The molecule has 21 heavy (non-hydrogen) atoms. The maximum Gasteiger partial charge on any atom is 0.264 e. The lowest BCUT2D eigenvalue weighted by Crippen LogP contribution is -2.20. The first-order chi connectivity index (χ1) is 10.0. The standard InChI is InChI=1S/C15H19N3O2S/c1-11-5-4-6-13(7-11)20-9-14(19)17-15-16-12(10-21-15)8-18(2)3/h4-7,10H,8-9H2,1-3H3,(H,16,17,19). The van der Waals surface area contributed by atoms with Gasteiger partial charge in [0.1, 0.15) is 5.75 Å². The third-order valence-electron chi connectivity index (χ3n) is 2.64. The van der Waals surface area contributed by atoms with Crippen LogP contribution in [-0.2, 0) is 11.3 Å². The number of benzene rings is 1. The van der Waals surface area contributed by atoms with Gasteiger partial charge in [-0.2, -0.15) is 0 Å². The summed E-state index contributed by atoms with van der Waals surface area (Å²) in [5.41, 5.74) is 2.04. The molecule has 0 unspecified atom stereocenters. The largest absolute Gasteiger partial charge is 0.484 e. The number of hydrogen-bond acceptors (Lipinski definition) is 5. The van der Waals surface area contributed by atoms with E-state index in [1.807, 2.05) is 55.6 Å². The SMILES string of the molecule is Cc1cccc(OCC(=O)Nc2nc(CN(C)C)cs2)c1. The zero-order valence-corrected chi connectivity index (χ0v) is 13.2. The minimum absolute atomic E-state index is 0.0218. The zero-order valence-electron chi connectivity index (χ0n) is 12.4. The quantitative estimate of drug-likeness (QED) is 0.891. The third kappa shape index (κ3) is 5.17. The Morgan fingerprint density at radius 1 is 1.43 bits per heavy atom. The number of hydrogen-bond donors (Lipinski definition) is 1. The highest BCUT2D eigenvalue weighted by molar-refractivity contribution is 7.13. The van der Waals surface area contributed by atoms with Gasteiger partial charge < -0.3 is 9.64 Å². The number of rotatable bonds is 6. The molecule has 2 rings (SSSR count). The van der Waals surface area contributed by atoms with Crippen LogP contribution in [0.4, 0.5) is 5.13 Å². The van der Waals surface area contributed by atoms with Crippen LogP contribution in [0.3, 0.4) is 0 Å². The predicted molar refractivity (Wildman–Crippen MR) is 84.8 cm³/mol. The Morgan fingerprint density at radius 2 is 2.24 bits per heavy atom. The Kier molecular flexibility index (Phi) is 5.30. The molecule has 2 aromatic rings. The summed E-state index contributed by atoms with van der Waals surface area (Å²) in [7, 11) is 3.96. The van der Waals surface area contributed by atoms with Crippen molar-refractivity contribution in [1.82, 2.24) is 9.88 Å². The van der Waals surface area contributed by atoms with Gasteiger partial charge in [0.15, 0.2) is 11.7 Å². The minimum atomic E-state index is -0.206. The van der Waals surface area contributed by atoms with Crippen LogP contribution in [0.5, 0.6) is 5.75 Å². The number of aryl methyl sites for hydroxylation is 1. The van der Waals surface area contributed by atoms with E-state index in [-0.39, 0.29) is 12.5 Å². The van der Waals surface area contributed by atoms with E-state index in [0.29, 0.717) is 10.9 Å². The van der Waals surface area contributed by atoms with E-state index in [2.05, 4.69) is 10.3 Å². The van der Waals surface area contributed by atoms with Gasteiger partial charge in [0, 0.05) is 11.9 Å². The molecule has 112 valence electrons. The molecule has 0 fully saturated rings. The normalized spacial score (nSPS) is 10.7. The summed E-state index contributed by atoms with van der Waals surface area (Å²) in [5.74, 6) is 0.486. The number of anilines is 1. The van der Waals surface area contributed by atoms with Gasteiger partial charge in [0.05, 0.1) is 5.69 Å². The van der Waals surface area contributed by atoms with Gasteiger partial charge in [-0.25, -0.2) is 4.98 Å². The smallest absolute Gasteiger partial charge is 0.264 e. The van der Waals surface area contributed by atoms with E-state index in [0.717, 1.165) is 17.8 Å². The molecule has 0 spiro atoms.